The number of guanidine groups is 1. The van der Waals surface area contributed by atoms with Crippen LogP contribution in [0, 0.1) is 69.0 Å². The van der Waals surface area contributed by atoms with Crippen LogP contribution in [-0.4, -0.2) is 72.2 Å². The number of carbonyl (C=O) groups excluding carboxylic acids is 1. The smallest absolute Gasteiger partial charge is 0.185 e. The molecule has 9 aliphatic rings. The maximum absolute atomic E-state index is 14.2. The van der Waals surface area contributed by atoms with Crippen molar-refractivity contribution >= 4 is 11.7 Å². The quantitative estimate of drug-likeness (QED) is 0.0991. The predicted octanol–water partition coefficient (Wildman–Crippen LogP) is 6.77. The zero-order valence-corrected chi connectivity index (χ0v) is 36.8. The lowest BCUT2D eigenvalue weighted by molar-refractivity contribution is -0.166. The topological polar surface area (TPSA) is 180 Å². The fraction of sp³-hybridized carbons (Fsp3) is 0.780. The number of nitrogens with zero attached hydrogens (tertiary/aromatic N) is 3. The second-order valence-electron chi connectivity index (χ2n) is 22.9. The van der Waals surface area contributed by atoms with Gasteiger partial charge in [-0.1, -0.05) is 62.8 Å². The molecule has 9 aliphatic carbocycles. The van der Waals surface area contributed by atoms with Gasteiger partial charge in [0.05, 0.1) is 30.2 Å². The van der Waals surface area contributed by atoms with Gasteiger partial charge in [0.2, 0.25) is 0 Å². The fourth-order valence-electron chi connectivity index (χ4n) is 17.4. The van der Waals surface area contributed by atoms with Crippen molar-refractivity contribution in [1.82, 2.24) is 9.55 Å². The Morgan fingerprint density at radius 2 is 1.72 bits per heavy atom. The van der Waals surface area contributed by atoms with E-state index >= 15 is 0 Å². The molecule has 0 aromatic carbocycles. The van der Waals surface area contributed by atoms with Crippen LogP contribution in [0.2, 0.25) is 0 Å². The SMILES string of the molecule is CC(C)(CCn1ccnc1)C1=C2CCCC3(CCCC3)C2C2=C3C(CCC2)CC(C2CCC4(O)C5=CC(=O)C6CC(O)C(O)CC6(C)C5C(CN=C(N)N)CC24C)C(O)C31. The van der Waals surface area contributed by atoms with E-state index in [4.69, 9.17) is 11.5 Å². The first-order chi connectivity index (χ1) is 28.5. The van der Waals surface area contributed by atoms with E-state index in [1.165, 1.54) is 51.4 Å². The van der Waals surface area contributed by atoms with E-state index in [2.05, 4.69) is 48.4 Å². The Bertz CT molecular complexity index is 2010. The number of aryl methyl sites for hydroxylation is 1. The molecule has 0 bridgehead atoms. The highest BCUT2D eigenvalue weighted by Gasteiger charge is 2.71. The van der Waals surface area contributed by atoms with Gasteiger partial charge in [0.15, 0.2) is 11.7 Å². The molecule has 8 N–H and O–H groups in total. The Hall–Kier alpha value is -2.79. The van der Waals surface area contributed by atoms with Gasteiger partial charge in [-0.3, -0.25) is 9.79 Å². The van der Waals surface area contributed by atoms with E-state index in [1.54, 1.807) is 28.4 Å². The van der Waals surface area contributed by atoms with Crippen molar-refractivity contribution in [1.29, 1.82) is 0 Å². The zero-order valence-electron chi connectivity index (χ0n) is 36.8. The largest absolute Gasteiger partial charge is 0.392 e. The second-order valence-corrected chi connectivity index (χ2v) is 22.9. The van der Waals surface area contributed by atoms with Crippen LogP contribution in [0.15, 0.2) is 57.7 Å². The van der Waals surface area contributed by atoms with Crippen molar-refractivity contribution in [3.05, 3.63) is 52.7 Å². The number of fused-ring (bicyclic) bond motifs is 8. The third-order valence-corrected chi connectivity index (χ3v) is 19.7. The van der Waals surface area contributed by atoms with Crippen molar-refractivity contribution < 1.29 is 25.2 Å². The standard InChI is InChI=1S/C50H73N5O5/c1-46(2,17-19-55-20-18-53-27-55)43-31-11-8-15-49(13-5-6-14-49)42(31)30-10-7-9-28-21-32(44(59)40(43)39(28)30)33-12-16-50(60)35-23-36(56)34-22-37(57)38(58)25-47(34,3)41(35)29(24-48(33,50)4)26-54-45(51)52/h18,20,23,27-29,32-34,37-38,40-42,44,57-60H,5-17,19,21-22,24-26H2,1-4H3,(H4,51,52,54). The van der Waals surface area contributed by atoms with E-state index in [0.29, 0.717) is 36.6 Å². The zero-order chi connectivity index (χ0) is 42.1. The first-order valence-corrected chi connectivity index (χ1v) is 24.0. The average Bonchev–Trinajstić information content (AvgIpc) is 3.96. The molecule has 10 heteroatoms. The Labute approximate surface area is 357 Å². The lowest BCUT2D eigenvalue weighted by Gasteiger charge is -2.63. The first kappa shape index (κ1) is 41.2. The molecule has 0 radical (unpaired) electrons. The summed E-state index contributed by atoms with van der Waals surface area (Å²) in [6.07, 6.45) is 22.1. The molecule has 0 amide bonds. The third-order valence-electron chi connectivity index (χ3n) is 19.7. The molecule has 10 nitrogen and oxygen atoms in total. The molecule has 6 fully saturated rings. The van der Waals surface area contributed by atoms with Crippen LogP contribution in [-0.2, 0) is 11.3 Å². The molecule has 0 saturated heterocycles. The molecule has 1 heterocycles. The third kappa shape index (κ3) is 5.87. The Balaban J connectivity index is 1.07. The number of aliphatic hydroxyl groups excluding tert-OH is 3. The van der Waals surface area contributed by atoms with Crippen LogP contribution in [0.25, 0.3) is 0 Å². The lowest BCUT2D eigenvalue weighted by Crippen LogP contribution is -2.64. The molecule has 1 spiro atoms. The van der Waals surface area contributed by atoms with Gasteiger partial charge in [0, 0.05) is 48.7 Å². The monoisotopic (exact) mass is 824 g/mol. The highest BCUT2D eigenvalue weighted by Crippen LogP contribution is 2.72. The molecule has 60 heavy (non-hydrogen) atoms. The first-order valence-electron chi connectivity index (χ1n) is 24.0. The predicted molar refractivity (Wildman–Crippen MR) is 232 cm³/mol. The number of hydrogen-bond donors (Lipinski definition) is 6. The van der Waals surface area contributed by atoms with Crippen LogP contribution < -0.4 is 11.5 Å². The van der Waals surface area contributed by atoms with E-state index in [1.807, 2.05) is 12.5 Å². The lowest BCUT2D eigenvalue weighted by atomic mass is 9.42. The number of hydrogen-bond acceptors (Lipinski definition) is 7. The molecule has 328 valence electrons. The van der Waals surface area contributed by atoms with Gasteiger partial charge in [-0.25, -0.2) is 4.98 Å². The summed E-state index contributed by atoms with van der Waals surface area (Å²) < 4.78 is 2.21. The molecule has 1 aromatic heterocycles. The molecular weight excluding hydrogens is 751 g/mol. The summed E-state index contributed by atoms with van der Waals surface area (Å²) in [4.78, 5) is 23.2. The van der Waals surface area contributed by atoms with Crippen LogP contribution in [0.3, 0.4) is 0 Å². The minimum atomic E-state index is -1.25. The van der Waals surface area contributed by atoms with Gasteiger partial charge in [0.1, 0.15) is 0 Å². The number of aliphatic imine (C=N–C) groups is 1. The van der Waals surface area contributed by atoms with Gasteiger partial charge < -0.3 is 36.5 Å². The highest BCUT2D eigenvalue weighted by molar-refractivity contribution is 5.95. The summed E-state index contributed by atoms with van der Waals surface area (Å²) >= 11 is 0. The highest BCUT2D eigenvalue weighted by atomic mass is 16.3. The average molecular weight is 824 g/mol. The molecule has 14 unspecified atom stereocenters. The maximum atomic E-state index is 14.2. The number of imidazole rings is 1. The van der Waals surface area contributed by atoms with Crippen LogP contribution >= 0.6 is 0 Å². The van der Waals surface area contributed by atoms with Crippen molar-refractivity contribution in [2.24, 2.45) is 85.5 Å². The number of rotatable bonds is 7. The summed E-state index contributed by atoms with van der Waals surface area (Å²) in [7, 11) is 0. The number of aromatic nitrogens is 2. The summed E-state index contributed by atoms with van der Waals surface area (Å²) in [5, 5.41) is 48.9. The molecule has 10 rings (SSSR count). The van der Waals surface area contributed by atoms with Gasteiger partial charge in [-0.2, -0.15) is 0 Å². The molecule has 1 aromatic rings. The van der Waals surface area contributed by atoms with E-state index in [0.717, 1.165) is 44.2 Å². The Morgan fingerprint density at radius 3 is 2.45 bits per heavy atom. The number of ketones is 1. The van der Waals surface area contributed by atoms with Crippen molar-refractivity contribution in [3.63, 3.8) is 0 Å². The molecule has 0 aliphatic heterocycles. The van der Waals surface area contributed by atoms with Gasteiger partial charge in [0.25, 0.3) is 0 Å². The number of carbonyl (C=O) groups is 1. The Kier molecular flexibility index (Phi) is 9.87. The normalized spacial score (nSPS) is 44.4. The number of aliphatic hydroxyl groups is 4. The number of nitrogens with two attached hydrogens (primary N) is 2. The van der Waals surface area contributed by atoms with Crippen LogP contribution in [0.4, 0.5) is 0 Å². The van der Waals surface area contributed by atoms with Crippen molar-refractivity contribution in [2.75, 3.05) is 6.54 Å². The van der Waals surface area contributed by atoms with Gasteiger partial charge in [-0.15, -0.1) is 0 Å². The van der Waals surface area contributed by atoms with Gasteiger partial charge >= 0.3 is 0 Å². The molecule has 14 atom stereocenters. The summed E-state index contributed by atoms with van der Waals surface area (Å²) in [5.74, 6) is 0.125. The minimum Gasteiger partial charge on any atom is -0.392 e. The van der Waals surface area contributed by atoms with E-state index in [9.17, 15) is 25.2 Å². The maximum Gasteiger partial charge on any atom is 0.185 e. The second kappa shape index (κ2) is 14.4. The van der Waals surface area contributed by atoms with Crippen molar-refractivity contribution in [2.45, 2.75) is 167 Å². The minimum absolute atomic E-state index is 0.0130. The summed E-state index contributed by atoms with van der Waals surface area (Å²) in [6.45, 7) is 10.5. The summed E-state index contributed by atoms with van der Waals surface area (Å²) in [5.41, 5.74) is 17.0. The molecule has 6 saturated carbocycles. The fourth-order valence-corrected chi connectivity index (χ4v) is 17.4. The van der Waals surface area contributed by atoms with Crippen LogP contribution in [0.5, 0.6) is 0 Å². The van der Waals surface area contributed by atoms with E-state index < -0.39 is 40.7 Å². The number of allylic oxidation sites excluding steroid dienone is 3. The van der Waals surface area contributed by atoms with Crippen molar-refractivity contribution in [3.8, 4) is 0 Å². The van der Waals surface area contributed by atoms with Gasteiger partial charge in [-0.05, 0) is 154 Å². The van der Waals surface area contributed by atoms with E-state index in [-0.39, 0.29) is 59.6 Å². The molecular formula is C50H73N5O5. The van der Waals surface area contributed by atoms with Crippen LogP contribution in [0.1, 0.15) is 137 Å². The Morgan fingerprint density at radius 1 is 0.967 bits per heavy atom. The summed E-state index contributed by atoms with van der Waals surface area (Å²) in [6, 6.07) is 0.